The van der Waals surface area contributed by atoms with E-state index in [4.69, 9.17) is 14.2 Å². The molecule has 8 heavy (non-hydrogen) atoms. The Bertz CT molecular complexity index is 104. The van der Waals surface area contributed by atoms with Crippen molar-refractivity contribution in [2.75, 3.05) is 13.2 Å². The first-order valence-electron chi connectivity index (χ1n) is 2.44. The average molecular weight is 114 g/mol. The molecule has 44 valence electrons. The molecule has 0 aromatic heterocycles. The normalized spacial score (nSPS) is 44.6. The summed E-state index contributed by atoms with van der Waals surface area (Å²) in [6, 6.07) is 0. The minimum atomic E-state index is -0.514. The summed E-state index contributed by atoms with van der Waals surface area (Å²) in [4.78, 5) is 0. The highest BCUT2D eigenvalue weighted by molar-refractivity contribution is 5.12. The van der Waals surface area contributed by atoms with E-state index >= 15 is 0 Å². The molecule has 2 fully saturated rings. The van der Waals surface area contributed by atoms with Gasteiger partial charge in [-0.3, -0.25) is 0 Å². The maximum absolute atomic E-state index is 4.92. The summed E-state index contributed by atoms with van der Waals surface area (Å²) >= 11 is 0. The zero-order chi connectivity index (χ0) is 5.61. The molecule has 1 atom stereocenters. The smallest absolute Gasteiger partial charge is 0.227 e. The van der Waals surface area contributed by atoms with Gasteiger partial charge in [0.2, 0.25) is 5.79 Å². The first kappa shape index (κ1) is 4.73. The molecule has 3 nitrogen and oxygen atoms in total. The Morgan fingerprint density at radius 2 is 2.38 bits per heavy atom. The second-order valence-corrected chi connectivity index (χ2v) is 1.90. The molecular formula is C5H6O3. The molecule has 0 amide bonds. The van der Waals surface area contributed by atoms with Crippen molar-refractivity contribution in [2.45, 2.75) is 5.79 Å². The van der Waals surface area contributed by atoms with Crippen LogP contribution >= 0.6 is 0 Å². The monoisotopic (exact) mass is 114 g/mol. The molecular weight excluding hydrogens is 108 g/mol. The molecule has 2 aliphatic rings. The molecule has 0 bridgehead atoms. The van der Waals surface area contributed by atoms with Crippen LogP contribution in [0.25, 0.3) is 0 Å². The number of ether oxygens (including phenoxy) is 3. The maximum atomic E-state index is 4.92. The van der Waals surface area contributed by atoms with Crippen molar-refractivity contribution in [3.63, 3.8) is 0 Å². The van der Waals surface area contributed by atoms with Gasteiger partial charge in [0.1, 0.15) is 6.61 Å². The number of rotatable bonds is 2. The summed E-state index contributed by atoms with van der Waals surface area (Å²) in [5.74, 6) is -0.514. The van der Waals surface area contributed by atoms with Gasteiger partial charge in [0, 0.05) is 0 Å². The Kier molecular flexibility index (Phi) is 0.730. The van der Waals surface area contributed by atoms with Crippen LogP contribution in [-0.4, -0.2) is 19.0 Å². The highest BCUT2D eigenvalue weighted by Crippen LogP contribution is 2.45. The Morgan fingerprint density at radius 1 is 1.75 bits per heavy atom. The Morgan fingerprint density at radius 3 is 2.50 bits per heavy atom. The highest BCUT2D eigenvalue weighted by Gasteiger charge is 2.60. The van der Waals surface area contributed by atoms with Gasteiger partial charge in [-0.1, -0.05) is 0 Å². The standard InChI is InChI=1S/C5H6O3/c1-6-5(3-8-5)4-2-7-4/h1-3H2. The van der Waals surface area contributed by atoms with Crippen LogP contribution in [0.15, 0.2) is 0 Å². The van der Waals surface area contributed by atoms with E-state index in [9.17, 15) is 0 Å². The van der Waals surface area contributed by atoms with E-state index in [1.807, 2.05) is 0 Å². The molecule has 2 aliphatic heterocycles. The zero-order valence-electron chi connectivity index (χ0n) is 4.35. The van der Waals surface area contributed by atoms with E-state index in [0.29, 0.717) is 13.2 Å². The Balaban J connectivity index is 1.99. The second-order valence-electron chi connectivity index (χ2n) is 1.90. The topological polar surface area (TPSA) is 34.3 Å². The van der Waals surface area contributed by atoms with Crippen LogP contribution in [0.5, 0.6) is 0 Å². The lowest BCUT2D eigenvalue weighted by molar-refractivity contribution is 0.0225. The van der Waals surface area contributed by atoms with E-state index in [-0.39, 0.29) is 0 Å². The van der Waals surface area contributed by atoms with E-state index in [1.54, 1.807) is 0 Å². The molecule has 0 N–H and O–H groups in total. The number of epoxide rings is 2. The molecule has 2 radical (unpaired) electrons. The minimum absolute atomic E-state index is 0.514. The van der Waals surface area contributed by atoms with Crippen LogP contribution in [0.2, 0.25) is 0 Å². The predicted octanol–water partition coefficient (Wildman–Crippen LogP) is 0.0833. The van der Waals surface area contributed by atoms with Gasteiger partial charge >= 0.3 is 0 Å². The van der Waals surface area contributed by atoms with Crippen molar-refractivity contribution in [1.82, 2.24) is 0 Å². The molecule has 0 aliphatic carbocycles. The van der Waals surface area contributed by atoms with Crippen LogP contribution in [0.1, 0.15) is 0 Å². The van der Waals surface area contributed by atoms with Crippen molar-refractivity contribution >= 4 is 0 Å². The lowest BCUT2D eigenvalue weighted by Gasteiger charge is -2.00. The van der Waals surface area contributed by atoms with Crippen molar-refractivity contribution in [3.8, 4) is 0 Å². The number of hydrogen-bond acceptors (Lipinski definition) is 3. The first-order valence-corrected chi connectivity index (χ1v) is 2.44. The summed E-state index contributed by atoms with van der Waals surface area (Å²) in [5, 5.41) is 0. The van der Waals surface area contributed by atoms with Crippen molar-refractivity contribution in [3.05, 3.63) is 13.2 Å². The van der Waals surface area contributed by atoms with Gasteiger partial charge in [0.15, 0.2) is 6.10 Å². The largest absolute Gasteiger partial charge is 0.360 e. The van der Waals surface area contributed by atoms with E-state index < -0.39 is 5.79 Å². The van der Waals surface area contributed by atoms with E-state index in [0.717, 1.165) is 6.10 Å². The van der Waals surface area contributed by atoms with Gasteiger partial charge < -0.3 is 14.2 Å². The van der Waals surface area contributed by atoms with Gasteiger partial charge in [-0.15, -0.1) is 0 Å². The van der Waals surface area contributed by atoms with Crippen LogP contribution in [-0.2, 0) is 14.2 Å². The molecule has 0 aromatic rings. The molecule has 0 aromatic carbocycles. The molecule has 0 spiro atoms. The third-order valence-corrected chi connectivity index (χ3v) is 1.35. The fourth-order valence-electron chi connectivity index (χ4n) is 0.646. The summed E-state index contributed by atoms with van der Waals surface area (Å²) in [6.45, 7) is 1.28. The zero-order valence-corrected chi connectivity index (χ0v) is 4.35. The van der Waals surface area contributed by atoms with Crippen LogP contribution in [0.4, 0.5) is 0 Å². The summed E-state index contributed by atoms with van der Waals surface area (Å²) < 4.78 is 14.5. The van der Waals surface area contributed by atoms with Crippen LogP contribution < -0.4 is 0 Å². The second kappa shape index (κ2) is 1.23. The minimum Gasteiger partial charge on any atom is -0.360 e. The van der Waals surface area contributed by atoms with Crippen LogP contribution in [0, 0.1) is 13.2 Å². The third-order valence-electron chi connectivity index (χ3n) is 1.35. The predicted molar refractivity (Wildman–Crippen MR) is 24.3 cm³/mol. The summed E-state index contributed by atoms with van der Waals surface area (Å²) in [7, 11) is 3.26. The van der Waals surface area contributed by atoms with E-state index in [1.165, 1.54) is 0 Å². The van der Waals surface area contributed by atoms with Gasteiger partial charge in [-0.2, -0.15) is 0 Å². The van der Waals surface area contributed by atoms with Gasteiger partial charge in [-0.25, -0.2) is 0 Å². The average Bonchev–Trinajstić information content (AvgIpc) is 2.63. The van der Waals surface area contributed by atoms with Gasteiger partial charge in [-0.05, 0) is 0 Å². The molecule has 1 unspecified atom stereocenters. The van der Waals surface area contributed by atoms with Crippen LogP contribution in [0.3, 0.4) is 0 Å². The van der Waals surface area contributed by atoms with Crippen molar-refractivity contribution in [1.29, 1.82) is 0 Å². The lowest BCUT2D eigenvalue weighted by atomic mass is 10.3. The molecule has 2 rings (SSSR count). The molecule has 2 saturated heterocycles. The highest BCUT2D eigenvalue weighted by atomic mass is 16.8. The molecule has 0 saturated carbocycles. The summed E-state index contributed by atoms with van der Waals surface area (Å²) in [5.41, 5.74) is 0. The Labute approximate surface area is 47.5 Å². The maximum Gasteiger partial charge on any atom is 0.227 e. The van der Waals surface area contributed by atoms with Gasteiger partial charge in [0.05, 0.1) is 13.7 Å². The molecule has 2 heterocycles. The SMILES string of the molecule is [CH2]OC1([C]2CO2)CO1. The number of hydrogen-bond donors (Lipinski definition) is 0. The lowest BCUT2D eigenvalue weighted by Crippen LogP contribution is -2.14. The first-order chi connectivity index (χ1) is 3.87. The summed E-state index contributed by atoms with van der Waals surface area (Å²) in [6.07, 6.45) is 0.882. The van der Waals surface area contributed by atoms with Crippen molar-refractivity contribution < 1.29 is 14.2 Å². The van der Waals surface area contributed by atoms with Crippen molar-refractivity contribution in [2.24, 2.45) is 0 Å². The molecule has 3 heteroatoms. The Hall–Kier alpha value is -0.120. The van der Waals surface area contributed by atoms with E-state index in [2.05, 4.69) is 7.11 Å². The fraction of sp³-hybridized carbons (Fsp3) is 0.600. The van der Waals surface area contributed by atoms with Gasteiger partial charge in [0.25, 0.3) is 0 Å². The third kappa shape index (κ3) is 0.491. The fourth-order valence-corrected chi connectivity index (χ4v) is 0.646. The quantitative estimate of drug-likeness (QED) is 0.477.